The molecule has 1 aliphatic carbocycles. The van der Waals surface area contributed by atoms with Crippen LogP contribution in [0.2, 0.25) is 0 Å². The maximum Gasteiger partial charge on any atom is 0.223 e. The van der Waals surface area contributed by atoms with Crippen LogP contribution in [-0.4, -0.2) is 20.9 Å². The smallest absolute Gasteiger partial charge is 0.223 e. The van der Waals surface area contributed by atoms with Crippen LogP contribution in [0.25, 0.3) is 0 Å². The lowest BCUT2D eigenvalue weighted by Crippen LogP contribution is -2.33. The first-order valence-electron chi connectivity index (χ1n) is 5.52. The van der Waals surface area contributed by atoms with E-state index in [0.717, 1.165) is 12.8 Å². The maximum atomic E-state index is 11.2. The largest absolute Gasteiger partial charge is 0.369 e. The molecule has 1 fully saturated rings. The lowest BCUT2D eigenvalue weighted by atomic mass is 9.87. The van der Waals surface area contributed by atoms with Crippen molar-refractivity contribution in [1.29, 1.82) is 5.26 Å². The molecule has 6 heteroatoms. The van der Waals surface area contributed by atoms with Gasteiger partial charge in [-0.25, -0.2) is 4.68 Å². The molecule has 0 saturated heterocycles. The number of hydrogen-bond donors (Lipinski definition) is 1. The van der Waals surface area contributed by atoms with Crippen LogP contribution in [-0.2, 0) is 16.8 Å². The van der Waals surface area contributed by atoms with E-state index >= 15 is 0 Å². The molecule has 0 aliphatic heterocycles. The number of nitrogens with two attached hydrogens (primary N) is 1. The standard InChI is InChI=1S/C11H15N5O/c1-10(2,9(13)17)5-8-6-16(15-14-8)11(7-12)3-4-11/h6H,3-5H2,1-2H3,(H2,13,17). The first-order valence-corrected chi connectivity index (χ1v) is 5.52. The summed E-state index contributed by atoms with van der Waals surface area (Å²) >= 11 is 0. The second-order valence-corrected chi connectivity index (χ2v) is 5.22. The molecule has 0 spiro atoms. The topological polar surface area (TPSA) is 97.6 Å². The molecule has 90 valence electrons. The van der Waals surface area contributed by atoms with Crippen LogP contribution >= 0.6 is 0 Å². The molecule has 0 radical (unpaired) electrons. The highest BCUT2D eigenvalue weighted by molar-refractivity contribution is 5.80. The minimum Gasteiger partial charge on any atom is -0.369 e. The van der Waals surface area contributed by atoms with E-state index in [0.29, 0.717) is 12.1 Å². The zero-order valence-corrected chi connectivity index (χ0v) is 9.97. The van der Waals surface area contributed by atoms with Gasteiger partial charge in [0.25, 0.3) is 0 Å². The van der Waals surface area contributed by atoms with Gasteiger partial charge in [-0.3, -0.25) is 4.79 Å². The average Bonchev–Trinajstić information content (AvgIpc) is 2.93. The fraction of sp³-hybridized carbons (Fsp3) is 0.636. The highest BCUT2D eigenvalue weighted by Crippen LogP contribution is 2.42. The van der Waals surface area contributed by atoms with Crippen LogP contribution in [0.3, 0.4) is 0 Å². The first-order chi connectivity index (χ1) is 7.89. The van der Waals surface area contributed by atoms with Crippen molar-refractivity contribution < 1.29 is 4.79 Å². The quantitative estimate of drug-likeness (QED) is 0.811. The normalized spacial score (nSPS) is 17.5. The van der Waals surface area contributed by atoms with E-state index in [2.05, 4.69) is 16.4 Å². The number of amides is 1. The van der Waals surface area contributed by atoms with Crippen LogP contribution in [0.1, 0.15) is 32.4 Å². The molecule has 0 aromatic carbocycles. The lowest BCUT2D eigenvalue weighted by Gasteiger charge is -2.18. The Balaban J connectivity index is 2.15. The number of carbonyl (C=O) groups excluding carboxylic acids is 1. The van der Waals surface area contributed by atoms with Crippen molar-refractivity contribution in [2.45, 2.75) is 38.6 Å². The fourth-order valence-corrected chi connectivity index (χ4v) is 1.64. The third kappa shape index (κ3) is 2.00. The van der Waals surface area contributed by atoms with Crippen LogP contribution in [0, 0.1) is 16.7 Å². The molecule has 1 aromatic rings. The summed E-state index contributed by atoms with van der Waals surface area (Å²) in [5, 5.41) is 17.0. The summed E-state index contributed by atoms with van der Waals surface area (Å²) in [7, 11) is 0. The van der Waals surface area contributed by atoms with Gasteiger partial charge in [0.2, 0.25) is 5.91 Å². The van der Waals surface area contributed by atoms with E-state index < -0.39 is 11.0 Å². The molecule has 1 amide bonds. The Morgan fingerprint density at radius 2 is 2.35 bits per heavy atom. The molecule has 0 atom stereocenters. The number of hydrogen-bond acceptors (Lipinski definition) is 4. The molecule has 2 rings (SSSR count). The van der Waals surface area contributed by atoms with Crippen molar-refractivity contribution in [2.75, 3.05) is 0 Å². The third-order valence-electron chi connectivity index (χ3n) is 3.20. The molecule has 1 saturated carbocycles. The van der Waals surface area contributed by atoms with Gasteiger partial charge in [0, 0.05) is 11.8 Å². The molecule has 2 N–H and O–H groups in total. The van der Waals surface area contributed by atoms with Crippen LogP contribution in [0.5, 0.6) is 0 Å². The first kappa shape index (κ1) is 11.6. The van der Waals surface area contributed by atoms with E-state index in [1.165, 1.54) is 0 Å². The van der Waals surface area contributed by atoms with Crippen molar-refractivity contribution in [3.63, 3.8) is 0 Å². The molecular formula is C11H15N5O. The van der Waals surface area contributed by atoms with E-state index in [9.17, 15) is 4.79 Å². The molecule has 1 aromatic heterocycles. The predicted octanol–water partition coefficient (Wildman–Crippen LogP) is 0.345. The summed E-state index contributed by atoms with van der Waals surface area (Å²) < 4.78 is 1.60. The Labute approximate surface area is 99.4 Å². The van der Waals surface area contributed by atoms with Crippen molar-refractivity contribution in [3.8, 4) is 6.07 Å². The van der Waals surface area contributed by atoms with E-state index in [1.54, 1.807) is 24.7 Å². The second kappa shape index (κ2) is 3.55. The summed E-state index contributed by atoms with van der Waals surface area (Å²) in [4.78, 5) is 11.2. The number of primary amides is 1. The van der Waals surface area contributed by atoms with Gasteiger partial charge in [-0.15, -0.1) is 5.10 Å². The Bertz CT molecular complexity index is 492. The van der Waals surface area contributed by atoms with Gasteiger partial charge < -0.3 is 5.73 Å². The zero-order chi connectivity index (χ0) is 12.7. The van der Waals surface area contributed by atoms with Gasteiger partial charge in [0.05, 0.1) is 18.0 Å². The van der Waals surface area contributed by atoms with Crippen LogP contribution < -0.4 is 5.73 Å². The average molecular weight is 233 g/mol. The van der Waals surface area contributed by atoms with Crippen molar-refractivity contribution in [1.82, 2.24) is 15.0 Å². The summed E-state index contributed by atoms with van der Waals surface area (Å²) in [5.74, 6) is -0.367. The highest BCUT2D eigenvalue weighted by Gasteiger charge is 2.46. The Hall–Kier alpha value is -1.90. The Morgan fingerprint density at radius 1 is 1.71 bits per heavy atom. The summed E-state index contributed by atoms with van der Waals surface area (Å²) in [6.45, 7) is 3.54. The van der Waals surface area contributed by atoms with Crippen molar-refractivity contribution in [3.05, 3.63) is 11.9 Å². The number of rotatable bonds is 4. The number of aromatic nitrogens is 3. The number of carbonyl (C=O) groups is 1. The maximum absolute atomic E-state index is 11.2. The SMILES string of the molecule is CC(C)(Cc1cn(C2(C#N)CC2)nn1)C(N)=O. The van der Waals surface area contributed by atoms with Crippen LogP contribution in [0.4, 0.5) is 0 Å². The monoisotopic (exact) mass is 233 g/mol. The van der Waals surface area contributed by atoms with Crippen molar-refractivity contribution >= 4 is 5.91 Å². The molecule has 17 heavy (non-hydrogen) atoms. The number of nitriles is 1. The van der Waals surface area contributed by atoms with Gasteiger partial charge in [-0.2, -0.15) is 5.26 Å². The predicted molar refractivity (Wildman–Crippen MR) is 59.5 cm³/mol. The van der Waals surface area contributed by atoms with Gasteiger partial charge in [0.15, 0.2) is 5.54 Å². The summed E-state index contributed by atoms with van der Waals surface area (Å²) in [6.07, 6.45) is 3.79. The molecule has 0 unspecified atom stereocenters. The van der Waals surface area contributed by atoms with Gasteiger partial charge >= 0.3 is 0 Å². The number of nitrogens with zero attached hydrogens (tertiary/aromatic N) is 4. The van der Waals surface area contributed by atoms with E-state index in [1.807, 2.05) is 0 Å². The summed E-state index contributed by atoms with van der Waals surface area (Å²) in [6, 6.07) is 2.24. The minimum atomic E-state index is -0.649. The third-order valence-corrected chi connectivity index (χ3v) is 3.20. The second-order valence-electron chi connectivity index (χ2n) is 5.22. The van der Waals surface area contributed by atoms with Gasteiger partial charge in [-0.05, 0) is 12.8 Å². The van der Waals surface area contributed by atoms with E-state index in [-0.39, 0.29) is 5.91 Å². The zero-order valence-electron chi connectivity index (χ0n) is 9.97. The lowest BCUT2D eigenvalue weighted by molar-refractivity contribution is -0.125. The molecule has 6 nitrogen and oxygen atoms in total. The van der Waals surface area contributed by atoms with Gasteiger partial charge in [-0.1, -0.05) is 19.1 Å². The van der Waals surface area contributed by atoms with Gasteiger partial charge in [0.1, 0.15) is 0 Å². The minimum absolute atomic E-state index is 0.367. The molecule has 1 aliphatic rings. The highest BCUT2D eigenvalue weighted by atomic mass is 16.1. The molecule has 0 bridgehead atoms. The summed E-state index contributed by atoms with van der Waals surface area (Å²) in [5.41, 5.74) is 4.85. The van der Waals surface area contributed by atoms with Crippen LogP contribution in [0.15, 0.2) is 6.20 Å². The fourth-order valence-electron chi connectivity index (χ4n) is 1.64. The van der Waals surface area contributed by atoms with Crippen molar-refractivity contribution in [2.24, 2.45) is 11.1 Å². The Kier molecular flexibility index (Phi) is 2.42. The van der Waals surface area contributed by atoms with E-state index in [4.69, 9.17) is 11.0 Å². The molecule has 1 heterocycles. The molecular weight excluding hydrogens is 218 g/mol. The Morgan fingerprint density at radius 3 is 2.82 bits per heavy atom.